The Morgan fingerprint density at radius 2 is 1.90 bits per heavy atom. The number of methoxy groups -OCH3 is 1. The van der Waals surface area contributed by atoms with Crippen molar-refractivity contribution in [2.24, 2.45) is 5.16 Å². The van der Waals surface area contributed by atoms with E-state index in [1.54, 1.807) is 12.1 Å². The minimum Gasteiger partial charge on any atom is -0.392 e. The zero-order valence-corrected chi connectivity index (χ0v) is 24.7. The monoisotopic (exact) mass is 588 g/mol. The number of likely N-dealkylation sites (N-methyl/N-ethyl adjacent to an activating group) is 2. The Labute approximate surface area is 238 Å². The summed E-state index contributed by atoms with van der Waals surface area (Å²) < 4.78 is 30.3. The van der Waals surface area contributed by atoms with E-state index in [0.717, 1.165) is 44.6 Å². The van der Waals surface area contributed by atoms with Crippen LogP contribution in [0, 0.1) is 0 Å². The number of ether oxygens (including phenoxy) is 1. The van der Waals surface area contributed by atoms with Gasteiger partial charge in [0.2, 0.25) is 0 Å². The van der Waals surface area contributed by atoms with Crippen LogP contribution in [0.3, 0.4) is 0 Å². The molecular weight excluding hydrogens is 552 g/mol. The van der Waals surface area contributed by atoms with Crippen molar-refractivity contribution in [1.29, 1.82) is 0 Å². The van der Waals surface area contributed by atoms with Crippen LogP contribution in [0.2, 0.25) is 0 Å². The Bertz CT molecular complexity index is 1420. The third-order valence-corrected chi connectivity index (χ3v) is 9.31. The van der Waals surface area contributed by atoms with E-state index < -0.39 is 15.7 Å². The molecule has 2 N–H and O–H groups in total. The molecule has 13 heteroatoms. The summed E-state index contributed by atoms with van der Waals surface area (Å²) in [5, 5.41) is 10.6. The molecular formula is C27H36N6O5S2. The summed E-state index contributed by atoms with van der Waals surface area (Å²) in [5.74, 6) is 0.290. The molecule has 3 aromatic rings. The predicted octanol–water partition coefficient (Wildman–Crippen LogP) is 3.46. The van der Waals surface area contributed by atoms with Crippen molar-refractivity contribution in [2.45, 2.75) is 43.1 Å². The number of nitrogens with zero attached hydrogens (tertiary/aromatic N) is 4. The fraction of sp³-hybridized carbons (Fsp3) is 0.481. The van der Waals surface area contributed by atoms with Crippen LogP contribution in [-0.4, -0.2) is 82.8 Å². The van der Waals surface area contributed by atoms with Crippen LogP contribution in [0.4, 0.5) is 10.9 Å². The first-order valence-electron chi connectivity index (χ1n) is 13.3. The first-order chi connectivity index (χ1) is 19.3. The third kappa shape index (κ3) is 7.74. The lowest BCUT2D eigenvalue weighted by Crippen LogP contribution is -2.27. The number of sulfone groups is 1. The number of carbonyl (C=O) groups excluding carboxylic acids is 1. The van der Waals surface area contributed by atoms with Gasteiger partial charge in [0.05, 0.1) is 10.6 Å². The molecule has 11 nitrogen and oxygen atoms in total. The maximum Gasteiger partial charge on any atom is 0.280 e. The number of amides is 1. The molecule has 0 spiro atoms. The second-order valence-corrected chi connectivity index (χ2v) is 12.7. The SMILES string of the molecule is CNCCN(C)c1ccc2nc(NC(=O)C(=NOC3CCCC3)c3ccc(S(=O)(=O)CCCOC)cc3)sc2n1. The van der Waals surface area contributed by atoms with Crippen molar-refractivity contribution in [3.63, 3.8) is 0 Å². The van der Waals surface area contributed by atoms with E-state index in [4.69, 9.17) is 14.6 Å². The normalized spacial score (nSPS) is 14.5. The lowest BCUT2D eigenvalue weighted by Gasteiger charge is -2.17. The number of fused-ring (bicyclic) bond motifs is 1. The fourth-order valence-corrected chi connectivity index (χ4v) is 6.41. The number of carbonyl (C=O) groups is 1. The summed E-state index contributed by atoms with van der Waals surface area (Å²) in [6.45, 7) is 1.99. The molecule has 216 valence electrons. The van der Waals surface area contributed by atoms with E-state index in [1.165, 1.54) is 30.6 Å². The Morgan fingerprint density at radius 3 is 2.60 bits per heavy atom. The van der Waals surface area contributed by atoms with E-state index in [-0.39, 0.29) is 22.5 Å². The topological polar surface area (TPSA) is 135 Å². The van der Waals surface area contributed by atoms with Crippen LogP contribution in [0.5, 0.6) is 0 Å². The van der Waals surface area contributed by atoms with Gasteiger partial charge in [0, 0.05) is 39.4 Å². The van der Waals surface area contributed by atoms with Crippen molar-refractivity contribution < 1.29 is 22.8 Å². The summed E-state index contributed by atoms with van der Waals surface area (Å²) in [7, 11) is 1.94. The largest absolute Gasteiger partial charge is 0.392 e. The maximum atomic E-state index is 13.4. The number of rotatable bonds is 14. The van der Waals surface area contributed by atoms with Crippen molar-refractivity contribution in [1.82, 2.24) is 15.3 Å². The number of aromatic nitrogens is 2. The minimum absolute atomic E-state index is 0.0228. The number of benzene rings is 1. The van der Waals surface area contributed by atoms with Crippen molar-refractivity contribution in [3.05, 3.63) is 42.0 Å². The van der Waals surface area contributed by atoms with Gasteiger partial charge in [-0.15, -0.1) is 0 Å². The Morgan fingerprint density at radius 1 is 1.15 bits per heavy atom. The molecule has 1 amide bonds. The van der Waals surface area contributed by atoms with E-state index in [9.17, 15) is 13.2 Å². The average Bonchev–Trinajstić information content (AvgIpc) is 3.61. The number of thiazole rings is 1. The molecule has 0 radical (unpaired) electrons. The molecule has 0 saturated heterocycles. The second kappa shape index (κ2) is 14.0. The van der Waals surface area contributed by atoms with Crippen LogP contribution < -0.4 is 15.5 Å². The fourth-order valence-electron chi connectivity index (χ4n) is 4.30. The van der Waals surface area contributed by atoms with Crippen LogP contribution in [0.15, 0.2) is 46.4 Å². The average molecular weight is 589 g/mol. The van der Waals surface area contributed by atoms with Crippen LogP contribution in [0.25, 0.3) is 10.3 Å². The number of hydrogen-bond donors (Lipinski definition) is 2. The maximum absolute atomic E-state index is 13.4. The van der Waals surface area contributed by atoms with Crippen molar-refractivity contribution in [2.75, 3.05) is 56.9 Å². The lowest BCUT2D eigenvalue weighted by atomic mass is 10.1. The molecule has 40 heavy (non-hydrogen) atoms. The molecule has 4 rings (SSSR count). The number of oxime groups is 1. The summed E-state index contributed by atoms with van der Waals surface area (Å²) in [4.78, 5) is 31.3. The van der Waals surface area contributed by atoms with Crippen LogP contribution >= 0.6 is 11.3 Å². The summed E-state index contributed by atoms with van der Waals surface area (Å²) in [6, 6.07) is 9.91. The Balaban J connectivity index is 1.54. The zero-order valence-electron chi connectivity index (χ0n) is 23.1. The van der Waals surface area contributed by atoms with Gasteiger partial charge in [0.1, 0.15) is 22.3 Å². The quantitative estimate of drug-likeness (QED) is 0.165. The van der Waals surface area contributed by atoms with E-state index in [2.05, 4.69) is 20.8 Å². The second-order valence-electron chi connectivity index (χ2n) is 9.63. The number of anilines is 2. The van der Waals surface area contributed by atoms with Gasteiger partial charge in [-0.25, -0.2) is 18.4 Å². The van der Waals surface area contributed by atoms with Gasteiger partial charge in [-0.3, -0.25) is 10.1 Å². The molecule has 0 bridgehead atoms. The first kappa shape index (κ1) is 29.8. The van der Waals surface area contributed by atoms with Gasteiger partial charge in [-0.1, -0.05) is 28.6 Å². The minimum atomic E-state index is -3.47. The molecule has 1 aliphatic carbocycles. The molecule has 0 aliphatic heterocycles. The molecule has 2 heterocycles. The number of nitrogens with one attached hydrogen (secondary N) is 2. The molecule has 1 saturated carbocycles. The van der Waals surface area contributed by atoms with Gasteiger partial charge in [-0.2, -0.15) is 0 Å². The summed E-state index contributed by atoms with van der Waals surface area (Å²) in [5.41, 5.74) is 1.17. The Kier molecular flexibility index (Phi) is 10.4. The Hall–Kier alpha value is -3.13. The van der Waals surface area contributed by atoms with Gasteiger partial charge in [-0.05, 0) is 63.4 Å². The molecule has 1 aromatic carbocycles. The smallest absolute Gasteiger partial charge is 0.280 e. The van der Waals surface area contributed by atoms with Crippen molar-refractivity contribution in [3.8, 4) is 0 Å². The van der Waals surface area contributed by atoms with E-state index in [0.29, 0.717) is 34.1 Å². The van der Waals surface area contributed by atoms with Crippen LogP contribution in [0.1, 0.15) is 37.7 Å². The highest BCUT2D eigenvalue weighted by Crippen LogP contribution is 2.27. The van der Waals surface area contributed by atoms with Gasteiger partial charge < -0.3 is 19.8 Å². The van der Waals surface area contributed by atoms with Gasteiger partial charge in [0.15, 0.2) is 20.7 Å². The van der Waals surface area contributed by atoms with Crippen molar-refractivity contribution >= 4 is 54.1 Å². The highest BCUT2D eigenvalue weighted by Gasteiger charge is 2.22. The summed E-state index contributed by atoms with van der Waals surface area (Å²) in [6.07, 6.45) is 4.23. The summed E-state index contributed by atoms with van der Waals surface area (Å²) >= 11 is 1.27. The third-order valence-electron chi connectivity index (χ3n) is 6.61. The highest BCUT2D eigenvalue weighted by molar-refractivity contribution is 7.91. The van der Waals surface area contributed by atoms with E-state index >= 15 is 0 Å². The molecule has 2 aromatic heterocycles. The molecule has 1 fully saturated rings. The van der Waals surface area contributed by atoms with E-state index in [1.807, 2.05) is 31.1 Å². The zero-order chi connectivity index (χ0) is 28.5. The molecule has 1 aliphatic rings. The van der Waals surface area contributed by atoms with Gasteiger partial charge in [0.25, 0.3) is 5.91 Å². The number of pyridine rings is 1. The first-order valence-corrected chi connectivity index (χ1v) is 15.8. The van der Waals surface area contributed by atoms with Crippen LogP contribution in [-0.2, 0) is 24.2 Å². The lowest BCUT2D eigenvalue weighted by molar-refractivity contribution is -0.110. The predicted molar refractivity (Wildman–Crippen MR) is 158 cm³/mol. The standard InChI is InChI=1S/C27H36N6O5S2/c1-28-15-16-33(2)23-14-13-22-26(30-23)39-27(29-22)31-25(34)24(32-38-20-7-4-5-8-20)19-9-11-21(12-10-19)40(35,36)18-6-17-37-3/h9-14,20,28H,4-8,15-18H2,1-3H3,(H,29,31,34). The molecule has 0 unspecified atom stereocenters. The highest BCUT2D eigenvalue weighted by atomic mass is 32.2. The number of hydrogen-bond acceptors (Lipinski definition) is 11. The van der Waals surface area contributed by atoms with Gasteiger partial charge >= 0.3 is 0 Å². The molecule has 0 atom stereocenters.